The molecule has 3 aliphatic rings. The topological polar surface area (TPSA) is 30.9 Å². The van der Waals surface area contributed by atoms with E-state index < -0.39 is 0 Å². The van der Waals surface area contributed by atoms with Crippen molar-refractivity contribution in [1.29, 1.82) is 0 Å². The van der Waals surface area contributed by atoms with Crippen LogP contribution in [-0.2, 0) is 20.8 Å². The van der Waals surface area contributed by atoms with Crippen LogP contribution in [0.2, 0.25) is 0 Å². The zero-order chi connectivity index (χ0) is 15.5. The predicted molar refractivity (Wildman–Crippen MR) is 90.8 cm³/mol. The molecule has 3 aliphatic heterocycles. The molecule has 0 bridgehead atoms. The van der Waals surface area contributed by atoms with E-state index in [-0.39, 0.29) is 5.60 Å². The molecule has 0 N–H and O–H groups in total. The summed E-state index contributed by atoms with van der Waals surface area (Å²) in [6.07, 6.45) is 4.81. The van der Waals surface area contributed by atoms with E-state index in [2.05, 4.69) is 21.7 Å². The minimum Gasteiger partial charge on any atom is -0.381 e. The van der Waals surface area contributed by atoms with Crippen molar-refractivity contribution in [2.75, 3.05) is 39.5 Å². The fourth-order valence-corrected chi connectivity index (χ4v) is 4.71. The van der Waals surface area contributed by atoms with Crippen molar-refractivity contribution in [2.24, 2.45) is 5.92 Å². The minimum absolute atomic E-state index is 0.0641. The van der Waals surface area contributed by atoms with Crippen LogP contribution in [0, 0.1) is 5.92 Å². The Bertz CT molecular complexity index is 480. The highest BCUT2D eigenvalue weighted by atomic mass is 32.1. The van der Waals surface area contributed by atoms with E-state index in [1.807, 2.05) is 0 Å². The fraction of sp³-hybridized carbons (Fsp3) is 0.778. The molecule has 0 unspecified atom stereocenters. The number of nitrogens with zero attached hydrogens (tertiary/aromatic N) is 1. The van der Waals surface area contributed by atoms with E-state index in [0.717, 1.165) is 71.7 Å². The van der Waals surface area contributed by atoms with E-state index in [0.29, 0.717) is 12.0 Å². The Kier molecular flexibility index (Phi) is 5.02. The Labute approximate surface area is 142 Å². The lowest BCUT2D eigenvalue weighted by Crippen LogP contribution is -2.65. The molecule has 5 heteroatoms. The van der Waals surface area contributed by atoms with Gasteiger partial charge in [0.2, 0.25) is 0 Å². The Morgan fingerprint density at radius 1 is 1.22 bits per heavy atom. The minimum atomic E-state index is 0.0641. The Balaban J connectivity index is 1.22. The first kappa shape index (κ1) is 16.0. The van der Waals surface area contributed by atoms with Crippen LogP contribution in [0.25, 0.3) is 0 Å². The van der Waals surface area contributed by atoms with Crippen molar-refractivity contribution in [3.8, 4) is 0 Å². The number of likely N-dealkylation sites (tertiary alicyclic amines) is 1. The third kappa shape index (κ3) is 3.97. The molecule has 1 aromatic rings. The first-order valence-corrected chi connectivity index (χ1v) is 9.82. The summed E-state index contributed by atoms with van der Waals surface area (Å²) in [4.78, 5) is 2.49. The first-order chi connectivity index (χ1) is 11.3. The van der Waals surface area contributed by atoms with Crippen LogP contribution in [0.3, 0.4) is 0 Å². The number of hydrogen-bond acceptors (Lipinski definition) is 5. The van der Waals surface area contributed by atoms with Gasteiger partial charge in [0.1, 0.15) is 0 Å². The largest absolute Gasteiger partial charge is 0.381 e. The Morgan fingerprint density at radius 3 is 2.87 bits per heavy atom. The third-order valence-corrected chi connectivity index (χ3v) is 6.10. The van der Waals surface area contributed by atoms with E-state index in [1.54, 1.807) is 11.3 Å². The molecule has 4 nitrogen and oxygen atoms in total. The standard InChI is InChI=1S/C18H27NO3S/c1-5-20-6-2-15(1)11-21-17-3-7-22-18(9-17)13-19(14-18)10-16-4-8-23-12-16/h4,8,12,15,17H,1-3,5-7,9-11,13-14H2/t17-/m0/s1. The van der Waals surface area contributed by atoms with Crippen LogP contribution in [0.5, 0.6) is 0 Å². The van der Waals surface area contributed by atoms with Crippen LogP contribution in [0.1, 0.15) is 31.2 Å². The van der Waals surface area contributed by atoms with E-state index in [1.165, 1.54) is 5.56 Å². The monoisotopic (exact) mass is 337 g/mol. The van der Waals surface area contributed by atoms with Crippen molar-refractivity contribution < 1.29 is 14.2 Å². The number of thiophene rings is 1. The molecule has 0 aromatic carbocycles. The molecular formula is C18H27NO3S. The van der Waals surface area contributed by atoms with Gasteiger partial charge < -0.3 is 14.2 Å². The fourth-order valence-electron chi connectivity index (χ4n) is 4.05. The molecule has 0 saturated carbocycles. The quantitative estimate of drug-likeness (QED) is 0.827. The second-order valence-electron chi connectivity index (χ2n) is 7.31. The summed E-state index contributed by atoms with van der Waals surface area (Å²) in [6.45, 7) is 6.74. The van der Waals surface area contributed by atoms with Crippen LogP contribution in [-0.4, -0.2) is 56.1 Å². The Hall–Kier alpha value is -0.460. The lowest BCUT2D eigenvalue weighted by atomic mass is 9.84. The molecule has 3 saturated heterocycles. The van der Waals surface area contributed by atoms with Gasteiger partial charge in [-0.3, -0.25) is 4.90 Å². The molecule has 1 spiro atoms. The van der Waals surface area contributed by atoms with Crippen molar-refractivity contribution >= 4 is 11.3 Å². The zero-order valence-electron chi connectivity index (χ0n) is 13.7. The van der Waals surface area contributed by atoms with Gasteiger partial charge in [0.25, 0.3) is 0 Å². The van der Waals surface area contributed by atoms with Gasteiger partial charge >= 0.3 is 0 Å². The highest BCUT2D eigenvalue weighted by Gasteiger charge is 2.47. The van der Waals surface area contributed by atoms with Crippen LogP contribution < -0.4 is 0 Å². The summed E-state index contributed by atoms with van der Waals surface area (Å²) in [5.74, 6) is 0.694. The number of ether oxygens (including phenoxy) is 3. The summed E-state index contributed by atoms with van der Waals surface area (Å²) in [6, 6.07) is 2.22. The summed E-state index contributed by atoms with van der Waals surface area (Å²) in [7, 11) is 0. The molecule has 1 aromatic heterocycles. The Morgan fingerprint density at radius 2 is 2.09 bits per heavy atom. The van der Waals surface area contributed by atoms with E-state index in [4.69, 9.17) is 14.2 Å². The molecule has 0 radical (unpaired) electrons. The van der Waals surface area contributed by atoms with Gasteiger partial charge in [0, 0.05) is 52.5 Å². The average molecular weight is 337 g/mol. The SMILES string of the molecule is c1cc(CN2CC3(C[C@@H](OCC4CCOCC4)CCO3)C2)cs1. The lowest BCUT2D eigenvalue weighted by Gasteiger charge is -2.53. The second kappa shape index (κ2) is 7.19. The van der Waals surface area contributed by atoms with Crippen LogP contribution in [0.4, 0.5) is 0 Å². The molecule has 128 valence electrons. The molecule has 4 rings (SSSR count). The normalized spacial score (nSPS) is 28.8. The lowest BCUT2D eigenvalue weighted by molar-refractivity contribution is -0.201. The second-order valence-corrected chi connectivity index (χ2v) is 8.09. The van der Waals surface area contributed by atoms with Gasteiger partial charge in [-0.05, 0) is 47.6 Å². The van der Waals surface area contributed by atoms with Crippen molar-refractivity contribution in [2.45, 2.75) is 43.9 Å². The van der Waals surface area contributed by atoms with Gasteiger partial charge in [-0.15, -0.1) is 0 Å². The molecule has 4 heterocycles. The maximum absolute atomic E-state index is 6.24. The molecule has 0 amide bonds. The molecule has 1 atom stereocenters. The highest BCUT2D eigenvalue weighted by Crippen LogP contribution is 2.36. The predicted octanol–water partition coefficient (Wildman–Crippen LogP) is 2.92. The highest BCUT2D eigenvalue weighted by molar-refractivity contribution is 7.07. The number of hydrogen-bond donors (Lipinski definition) is 0. The van der Waals surface area contributed by atoms with E-state index >= 15 is 0 Å². The van der Waals surface area contributed by atoms with Gasteiger partial charge in [-0.2, -0.15) is 11.3 Å². The van der Waals surface area contributed by atoms with Crippen LogP contribution >= 0.6 is 11.3 Å². The van der Waals surface area contributed by atoms with Crippen molar-refractivity contribution in [1.82, 2.24) is 4.90 Å². The van der Waals surface area contributed by atoms with Crippen molar-refractivity contribution in [3.63, 3.8) is 0 Å². The summed E-state index contributed by atoms with van der Waals surface area (Å²) >= 11 is 1.78. The maximum atomic E-state index is 6.24. The van der Waals surface area contributed by atoms with Crippen LogP contribution in [0.15, 0.2) is 16.8 Å². The molecule has 3 fully saturated rings. The molecular weight excluding hydrogens is 310 g/mol. The summed E-state index contributed by atoms with van der Waals surface area (Å²) < 4.78 is 17.8. The average Bonchev–Trinajstić information content (AvgIpc) is 3.06. The van der Waals surface area contributed by atoms with E-state index in [9.17, 15) is 0 Å². The zero-order valence-corrected chi connectivity index (χ0v) is 14.6. The smallest absolute Gasteiger partial charge is 0.0959 e. The third-order valence-electron chi connectivity index (χ3n) is 5.37. The van der Waals surface area contributed by atoms with Gasteiger partial charge in [0.05, 0.1) is 11.7 Å². The van der Waals surface area contributed by atoms with Gasteiger partial charge in [0.15, 0.2) is 0 Å². The van der Waals surface area contributed by atoms with Crippen molar-refractivity contribution in [3.05, 3.63) is 22.4 Å². The number of rotatable bonds is 5. The van der Waals surface area contributed by atoms with Gasteiger partial charge in [-0.1, -0.05) is 0 Å². The maximum Gasteiger partial charge on any atom is 0.0959 e. The van der Waals surface area contributed by atoms with Gasteiger partial charge in [-0.25, -0.2) is 0 Å². The molecule has 23 heavy (non-hydrogen) atoms. The summed E-state index contributed by atoms with van der Waals surface area (Å²) in [5.41, 5.74) is 1.49. The first-order valence-electron chi connectivity index (χ1n) is 8.88. The summed E-state index contributed by atoms with van der Waals surface area (Å²) in [5, 5.41) is 4.40. The molecule has 0 aliphatic carbocycles.